The van der Waals surface area contributed by atoms with E-state index in [9.17, 15) is 26.0 Å². The second-order valence-electron chi connectivity index (χ2n) is 5.82. The minimum atomic E-state index is -4.60. The highest BCUT2D eigenvalue weighted by Gasteiger charge is 2.31. The maximum Gasteiger partial charge on any atom is 0.417 e. The lowest BCUT2D eigenvalue weighted by Crippen LogP contribution is -2.12. The van der Waals surface area contributed by atoms with Crippen molar-refractivity contribution in [2.75, 3.05) is 4.72 Å². The monoisotopic (exact) mass is 480 g/mol. The van der Waals surface area contributed by atoms with Crippen LogP contribution in [-0.4, -0.2) is 13.4 Å². The Labute approximate surface area is 178 Å². The summed E-state index contributed by atoms with van der Waals surface area (Å²) < 4.78 is 83.5. The van der Waals surface area contributed by atoms with Crippen LogP contribution in [0, 0.1) is 5.82 Å². The van der Waals surface area contributed by atoms with Crippen LogP contribution < -0.4 is 9.46 Å². The summed E-state index contributed by atoms with van der Waals surface area (Å²) in [5.74, 6) is -0.885. The minimum Gasteiger partial charge on any atom is -0.438 e. The number of benzene rings is 2. The first kappa shape index (κ1) is 22.1. The first-order valence-corrected chi connectivity index (χ1v) is 10.2. The SMILES string of the molecule is O=S(=O)(Nc1ccc(F)c(Cl)c1)c1ccc(Oc2ncc(C(F)(F)F)cc2Cl)cc1. The number of hydrogen-bond acceptors (Lipinski definition) is 4. The number of nitrogens with zero attached hydrogens (tertiary/aromatic N) is 1. The fraction of sp³-hybridized carbons (Fsp3) is 0.0556. The number of ether oxygens (including phenoxy) is 1. The molecular formula is C18H10Cl2F4N2O3S. The highest BCUT2D eigenvalue weighted by molar-refractivity contribution is 7.92. The number of hydrogen-bond donors (Lipinski definition) is 1. The van der Waals surface area contributed by atoms with E-state index >= 15 is 0 Å². The summed E-state index contributed by atoms with van der Waals surface area (Å²) in [7, 11) is -4.02. The quantitative estimate of drug-likeness (QED) is 0.445. The second kappa shape index (κ2) is 8.29. The zero-order chi connectivity index (χ0) is 22.1. The second-order valence-corrected chi connectivity index (χ2v) is 8.31. The van der Waals surface area contributed by atoms with Crippen molar-refractivity contribution in [3.8, 4) is 11.6 Å². The van der Waals surface area contributed by atoms with E-state index in [4.69, 9.17) is 27.9 Å². The maximum atomic E-state index is 13.2. The molecule has 0 fully saturated rings. The van der Waals surface area contributed by atoms with Crippen molar-refractivity contribution in [1.29, 1.82) is 0 Å². The van der Waals surface area contributed by atoms with Gasteiger partial charge in [0.1, 0.15) is 16.6 Å². The number of rotatable bonds is 5. The van der Waals surface area contributed by atoms with Gasteiger partial charge in [-0.05, 0) is 48.5 Å². The molecule has 3 aromatic rings. The van der Waals surface area contributed by atoms with Gasteiger partial charge in [-0.25, -0.2) is 17.8 Å². The first-order chi connectivity index (χ1) is 14.0. The third kappa shape index (κ3) is 5.13. The van der Waals surface area contributed by atoms with Gasteiger partial charge < -0.3 is 4.74 Å². The average Bonchev–Trinajstić information content (AvgIpc) is 2.66. The zero-order valence-electron chi connectivity index (χ0n) is 14.5. The highest BCUT2D eigenvalue weighted by atomic mass is 35.5. The predicted octanol–water partition coefficient (Wildman–Crippen LogP) is 6.14. The van der Waals surface area contributed by atoms with Crippen LogP contribution in [0.3, 0.4) is 0 Å². The summed E-state index contributed by atoms with van der Waals surface area (Å²) in [6, 6.07) is 8.92. The van der Waals surface area contributed by atoms with Crippen molar-refractivity contribution in [2.45, 2.75) is 11.1 Å². The number of halogens is 6. The molecule has 0 aliphatic heterocycles. The Morgan fingerprint density at radius 1 is 0.967 bits per heavy atom. The van der Waals surface area contributed by atoms with Crippen molar-refractivity contribution in [3.05, 3.63) is 76.2 Å². The third-order valence-electron chi connectivity index (χ3n) is 3.66. The summed E-state index contributed by atoms with van der Waals surface area (Å²) in [4.78, 5) is 3.38. The molecule has 0 amide bonds. The summed E-state index contributed by atoms with van der Waals surface area (Å²) in [6.45, 7) is 0. The van der Waals surface area contributed by atoms with Crippen LogP contribution in [0.25, 0.3) is 0 Å². The zero-order valence-corrected chi connectivity index (χ0v) is 16.9. The summed E-state index contributed by atoms with van der Waals surface area (Å²) in [5, 5.41) is -0.615. The molecule has 1 heterocycles. The molecule has 3 rings (SSSR count). The molecule has 1 aromatic heterocycles. The smallest absolute Gasteiger partial charge is 0.417 e. The molecule has 5 nitrogen and oxygen atoms in total. The summed E-state index contributed by atoms with van der Waals surface area (Å²) in [5.41, 5.74) is -0.976. The van der Waals surface area contributed by atoms with Crippen molar-refractivity contribution < 1.29 is 30.7 Å². The van der Waals surface area contributed by atoms with E-state index in [1.165, 1.54) is 30.3 Å². The van der Waals surface area contributed by atoms with Crippen molar-refractivity contribution in [1.82, 2.24) is 4.98 Å². The van der Waals surface area contributed by atoms with E-state index in [1.54, 1.807) is 0 Å². The Hall–Kier alpha value is -2.56. The van der Waals surface area contributed by atoms with E-state index in [0.29, 0.717) is 12.3 Å². The van der Waals surface area contributed by atoms with Crippen LogP contribution in [0.4, 0.5) is 23.2 Å². The predicted molar refractivity (Wildman–Crippen MR) is 103 cm³/mol. The largest absolute Gasteiger partial charge is 0.438 e. The average molecular weight is 481 g/mol. The fourth-order valence-corrected chi connectivity index (χ4v) is 3.66. The molecule has 0 aliphatic rings. The van der Waals surface area contributed by atoms with Crippen molar-refractivity contribution in [3.63, 3.8) is 0 Å². The van der Waals surface area contributed by atoms with Crippen LogP contribution in [0.1, 0.15) is 5.56 Å². The Kier molecular flexibility index (Phi) is 6.11. The standard InChI is InChI=1S/C18H10Cl2F4N2O3S/c19-14-8-11(1-6-16(14)21)26-30(27,28)13-4-2-12(3-5-13)29-17-15(20)7-10(9-25-17)18(22,23)24/h1-9,26H. The van der Waals surface area contributed by atoms with Gasteiger partial charge in [0.15, 0.2) is 0 Å². The molecular weight excluding hydrogens is 471 g/mol. The van der Waals surface area contributed by atoms with Gasteiger partial charge >= 0.3 is 6.18 Å². The molecule has 0 aliphatic carbocycles. The maximum absolute atomic E-state index is 13.2. The van der Waals surface area contributed by atoms with Gasteiger partial charge in [0.25, 0.3) is 10.0 Å². The van der Waals surface area contributed by atoms with E-state index < -0.39 is 27.6 Å². The van der Waals surface area contributed by atoms with E-state index in [2.05, 4.69) is 9.71 Å². The number of sulfonamides is 1. The topological polar surface area (TPSA) is 68.3 Å². The fourth-order valence-electron chi connectivity index (χ4n) is 2.23. The van der Waals surface area contributed by atoms with Gasteiger partial charge in [-0.2, -0.15) is 13.2 Å². The Balaban J connectivity index is 1.76. The van der Waals surface area contributed by atoms with Gasteiger partial charge in [0, 0.05) is 6.20 Å². The number of alkyl halides is 3. The van der Waals surface area contributed by atoms with Gasteiger partial charge in [-0.1, -0.05) is 23.2 Å². The number of anilines is 1. The lowest BCUT2D eigenvalue weighted by Gasteiger charge is -2.11. The lowest BCUT2D eigenvalue weighted by atomic mass is 10.3. The van der Waals surface area contributed by atoms with Crippen LogP contribution in [0.2, 0.25) is 10.0 Å². The van der Waals surface area contributed by atoms with Gasteiger partial charge in [-0.15, -0.1) is 0 Å². The van der Waals surface area contributed by atoms with Crippen LogP contribution >= 0.6 is 23.2 Å². The Morgan fingerprint density at radius 2 is 1.63 bits per heavy atom. The molecule has 2 aromatic carbocycles. The molecule has 0 unspecified atom stereocenters. The van der Waals surface area contributed by atoms with E-state index in [-0.39, 0.29) is 32.3 Å². The lowest BCUT2D eigenvalue weighted by molar-refractivity contribution is -0.137. The van der Waals surface area contributed by atoms with Gasteiger partial charge in [0.2, 0.25) is 5.88 Å². The normalized spacial score (nSPS) is 11.9. The first-order valence-electron chi connectivity index (χ1n) is 7.94. The molecule has 0 radical (unpaired) electrons. The Bertz CT molecular complexity index is 1190. The number of nitrogens with one attached hydrogen (secondary N) is 1. The van der Waals surface area contributed by atoms with Gasteiger partial charge in [0.05, 0.1) is 21.2 Å². The van der Waals surface area contributed by atoms with Gasteiger partial charge in [-0.3, -0.25) is 4.72 Å². The third-order valence-corrected chi connectivity index (χ3v) is 5.61. The van der Waals surface area contributed by atoms with Crippen molar-refractivity contribution >= 4 is 38.9 Å². The molecule has 12 heteroatoms. The Morgan fingerprint density at radius 3 is 2.20 bits per heavy atom. The van der Waals surface area contributed by atoms with E-state index in [0.717, 1.165) is 12.1 Å². The molecule has 0 bridgehead atoms. The molecule has 1 N–H and O–H groups in total. The molecule has 0 atom stereocenters. The summed E-state index contributed by atoms with van der Waals surface area (Å²) >= 11 is 11.4. The molecule has 0 saturated carbocycles. The number of aromatic nitrogens is 1. The molecule has 0 spiro atoms. The van der Waals surface area contributed by atoms with Crippen LogP contribution in [0.5, 0.6) is 11.6 Å². The molecule has 0 saturated heterocycles. The van der Waals surface area contributed by atoms with Crippen molar-refractivity contribution in [2.24, 2.45) is 0 Å². The molecule has 30 heavy (non-hydrogen) atoms. The summed E-state index contributed by atoms with van der Waals surface area (Å²) in [6.07, 6.45) is -4.04. The number of pyridine rings is 1. The highest BCUT2D eigenvalue weighted by Crippen LogP contribution is 2.34. The van der Waals surface area contributed by atoms with E-state index in [1.807, 2.05) is 0 Å². The molecule has 158 valence electrons. The van der Waals surface area contributed by atoms with Crippen LogP contribution in [-0.2, 0) is 16.2 Å². The minimum absolute atomic E-state index is 0.0578. The van der Waals surface area contributed by atoms with Crippen LogP contribution in [0.15, 0.2) is 59.6 Å².